The molecule has 1 aliphatic heterocycles. The fraction of sp³-hybridized carbons (Fsp3) is 0.647. The lowest BCUT2D eigenvalue weighted by atomic mass is 9.84. The molecule has 1 aromatic carbocycles. The third-order valence-corrected chi connectivity index (χ3v) is 7.03. The van der Waals surface area contributed by atoms with Gasteiger partial charge in [0, 0.05) is 19.1 Å². The maximum atomic E-state index is 12.7. The minimum Gasteiger partial charge on any atom is -0.316 e. The van der Waals surface area contributed by atoms with Gasteiger partial charge in [-0.25, -0.2) is 8.42 Å². The molecule has 1 unspecified atom stereocenters. The molecule has 1 aromatic rings. The van der Waals surface area contributed by atoms with E-state index in [2.05, 4.69) is 5.32 Å². The highest BCUT2D eigenvalue weighted by Gasteiger charge is 2.31. The molecule has 1 aliphatic carbocycles. The van der Waals surface area contributed by atoms with Gasteiger partial charge in [0.05, 0.1) is 4.90 Å². The standard InChI is InChI=1S/C17H26N2O2S.ClH/c1-18-16-11-12-19(13-16)22(20,21)17-9-7-15(8-10-17)14-5-3-2-4-6-14;/h7-10,14,16,18H,2-6,11-13H2,1H3;1H. The normalized spacial score (nSPS) is 23.6. The van der Waals surface area contributed by atoms with E-state index < -0.39 is 10.0 Å². The van der Waals surface area contributed by atoms with E-state index in [4.69, 9.17) is 0 Å². The Kier molecular flexibility index (Phi) is 6.48. The molecule has 1 saturated carbocycles. The largest absolute Gasteiger partial charge is 0.316 e. The lowest BCUT2D eigenvalue weighted by Crippen LogP contribution is -2.33. The second kappa shape index (κ2) is 7.97. The van der Waals surface area contributed by atoms with Crippen LogP contribution in [0.1, 0.15) is 50.0 Å². The van der Waals surface area contributed by atoms with Crippen molar-refractivity contribution in [3.8, 4) is 0 Å². The van der Waals surface area contributed by atoms with E-state index >= 15 is 0 Å². The van der Waals surface area contributed by atoms with Crippen LogP contribution in [-0.4, -0.2) is 38.9 Å². The smallest absolute Gasteiger partial charge is 0.243 e. The van der Waals surface area contributed by atoms with Crippen LogP contribution < -0.4 is 5.32 Å². The maximum Gasteiger partial charge on any atom is 0.243 e. The number of hydrogen-bond donors (Lipinski definition) is 1. The molecule has 1 N–H and O–H groups in total. The van der Waals surface area contributed by atoms with Crippen LogP contribution in [0.3, 0.4) is 0 Å². The lowest BCUT2D eigenvalue weighted by molar-refractivity contribution is 0.443. The highest BCUT2D eigenvalue weighted by atomic mass is 35.5. The van der Waals surface area contributed by atoms with Crippen molar-refractivity contribution in [2.75, 3.05) is 20.1 Å². The van der Waals surface area contributed by atoms with Gasteiger partial charge in [-0.15, -0.1) is 12.4 Å². The van der Waals surface area contributed by atoms with Crippen LogP contribution in [0.5, 0.6) is 0 Å². The van der Waals surface area contributed by atoms with Crippen LogP contribution in [0.2, 0.25) is 0 Å². The summed E-state index contributed by atoms with van der Waals surface area (Å²) in [6.07, 6.45) is 7.29. The zero-order chi connectivity index (χ0) is 15.6. The van der Waals surface area contributed by atoms with Crippen LogP contribution >= 0.6 is 12.4 Å². The fourth-order valence-corrected chi connectivity index (χ4v) is 5.18. The summed E-state index contributed by atoms with van der Waals surface area (Å²) in [6, 6.07) is 7.91. The van der Waals surface area contributed by atoms with E-state index in [-0.39, 0.29) is 18.4 Å². The molecule has 0 spiro atoms. The lowest BCUT2D eigenvalue weighted by Gasteiger charge is -2.22. The molecular weight excluding hydrogens is 332 g/mol. The molecule has 0 bridgehead atoms. The van der Waals surface area contributed by atoms with Crippen LogP contribution in [0.25, 0.3) is 0 Å². The summed E-state index contributed by atoms with van der Waals surface area (Å²) in [4.78, 5) is 0.434. The molecule has 1 saturated heterocycles. The minimum atomic E-state index is -3.34. The zero-order valence-corrected chi connectivity index (χ0v) is 15.3. The Hall–Kier alpha value is -0.620. The van der Waals surface area contributed by atoms with Crippen molar-refractivity contribution in [1.82, 2.24) is 9.62 Å². The number of rotatable bonds is 4. The van der Waals surface area contributed by atoms with Crippen LogP contribution in [-0.2, 0) is 10.0 Å². The summed E-state index contributed by atoms with van der Waals surface area (Å²) in [6.45, 7) is 1.18. The molecular formula is C17H27ClN2O2S. The number of likely N-dealkylation sites (N-methyl/N-ethyl adjacent to an activating group) is 1. The predicted molar refractivity (Wildman–Crippen MR) is 95.7 cm³/mol. The van der Waals surface area contributed by atoms with Gasteiger partial charge >= 0.3 is 0 Å². The first-order valence-electron chi connectivity index (χ1n) is 8.38. The molecule has 4 nitrogen and oxygen atoms in total. The van der Waals surface area contributed by atoms with Gasteiger partial charge in [-0.2, -0.15) is 4.31 Å². The molecule has 2 fully saturated rings. The Morgan fingerprint density at radius 1 is 1.04 bits per heavy atom. The molecule has 0 amide bonds. The van der Waals surface area contributed by atoms with E-state index in [1.54, 1.807) is 16.4 Å². The summed E-state index contributed by atoms with van der Waals surface area (Å²) in [5, 5.41) is 3.16. The molecule has 6 heteroatoms. The van der Waals surface area contributed by atoms with Gasteiger partial charge in [0.15, 0.2) is 0 Å². The number of halogens is 1. The summed E-state index contributed by atoms with van der Waals surface area (Å²) < 4.78 is 27.0. The summed E-state index contributed by atoms with van der Waals surface area (Å²) in [5.41, 5.74) is 1.30. The van der Waals surface area contributed by atoms with E-state index in [9.17, 15) is 8.42 Å². The quantitative estimate of drug-likeness (QED) is 0.899. The number of nitrogens with zero attached hydrogens (tertiary/aromatic N) is 1. The first-order valence-corrected chi connectivity index (χ1v) is 9.82. The van der Waals surface area contributed by atoms with Crippen molar-refractivity contribution >= 4 is 22.4 Å². The average Bonchev–Trinajstić information content (AvgIpc) is 3.06. The van der Waals surface area contributed by atoms with Crippen LogP contribution in [0.15, 0.2) is 29.2 Å². The second-order valence-corrected chi connectivity index (χ2v) is 8.48. The monoisotopic (exact) mass is 358 g/mol. The predicted octanol–water partition coefficient (Wildman–Crippen LogP) is 3.14. The van der Waals surface area contributed by atoms with Crippen molar-refractivity contribution in [1.29, 1.82) is 0 Å². The van der Waals surface area contributed by atoms with E-state index in [0.717, 1.165) is 6.42 Å². The first kappa shape index (κ1) is 18.7. The molecule has 23 heavy (non-hydrogen) atoms. The summed E-state index contributed by atoms with van der Waals surface area (Å²) in [5.74, 6) is 0.617. The third kappa shape index (κ3) is 4.08. The minimum absolute atomic E-state index is 0. The average molecular weight is 359 g/mol. The van der Waals surface area contributed by atoms with Gasteiger partial charge in [-0.3, -0.25) is 0 Å². The number of benzene rings is 1. The topological polar surface area (TPSA) is 49.4 Å². The van der Waals surface area contributed by atoms with Gasteiger partial charge in [0.2, 0.25) is 10.0 Å². The molecule has 0 radical (unpaired) electrons. The number of nitrogens with one attached hydrogen (secondary N) is 1. The van der Waals surface area contributed by atoms with Gasteiger partial charge in [0.25, 0.3) is 0 Å². The Balaban J connectivity index is 0.00000192. The molecule has 1 heterocycles. The molecule has 2 aliphatic rings. The van der Waals surface area contributed by atoms with Gasteiger partial charge < -0.3 is 5.32 Å². The van der Waals surface area contributed by atoms with Crippen molar-refractivity contribution < 1.29 is 8.42 Å². The van der Waals surface area contributed by atoms with E-state index in [1.807, 2.05) is 19.2 Å². The second-order valence-electron chi connectivity index (χ2n) is 6.54. The van der Waals surface area contributed by atoms with E-state index in [0.29, 0.717) is 23.9 Å². The number of hydrogen-bond acceptors (Lipinski definition) is 3. The maximum absolute atomic E-state index is 12.7. The van der Waals surface area contributed by atoms with Crippen molar-refractivity contribution in [2.45, 2.75) is 55.4 Å². The van der Waals surface area contributed by atoms with Gasteiger partial charge in [-0.05, 0) is 49.9 Å². The highest BCUT2D eigenvalue weighted by molar-refractivity contribution is 7.89. The summed E-state index contributed by atoms with van der Waals surface area (Å²) >= 11 is 0. The Labute approximate surface area is 146 Å². The van der Waals surface area contributed by atoms with Crippen molar-refractivity contribution in [3.05, 3.63) is 29.8 Å². The van der Waals surface area contributed by atoms with Gasteiger partial charge in [-0.1, -0.05) is 31.4 Å². The van der Waals surface area contributed by atoms with Crippen molar-refractivity contribution in [2.24, 2.45) is 0 Å². The van der Waals surface area contributed by atoms with Gasteiger partial charge in [0.1, 0.15) is 0 Å². The molecule has 130 valence electrons. The van der Waals surface area contributed by atoms with Crippen LogP contribution in [0, 0.1) is 0 Å². The third-order valence-electron chi connectivity index (χ3n) is 5.15. The Morgan fingerprint density at radius 2 is 1.70 bits per heavy atom. The number of sulfonamides is 1. The Morgan fingerprint density at radius 3 is 2.26 bits per heavy atom. The SMILES string of the molecule is CNC1CCN(S(=O)(=O)c2ccc(C3CCCCC3)cc2)C1.Cl. The Bertz CT molecular complexity index is 598. The first-order chi connectivity index (χ1) is 10.6. The van der Waals surface area contributed by atoms with E-state index in [1.165, 1.54) is 37.7 Å². The molecule has 1 atom stereocenters. The van der Waals surface area contributed by atoms with Crippen LogP contribution in [0.4, 0.5) is 0 Å². The molecule has 0 aromatic heterocycles. The highest BCUT2D eigenvalue weighted by Crippen LogP contribution is 2.33. The molecule has 3 rings (SSSR count). The van der Waals surface area contributed by atoms with Crippen molar-refractivity contribution in [3.63, 3.8) is 0 Å². The summed E-state index contributed by atoms with van der Waals surface area (Å²) in [7, 11) is -1.45. The zero-order valence-electron chi connectivity index (χ0n) is 13.7. The fourth-order valence-electron chi connectivity index (χ4n) is 3.68.